The average Bonchev–Trinajstić information content (AvgIpc) is 2.65. The summed E-state index contributed by atoms with van der Waals surface area (Å²) in [5, 5.41) is 6.91. The lowest BCUT2D eigenvalue weighted by atomic mass is 10.1. The lowest BCUT2D eigenvalue weighted by Crippen LogP contribution is -2.08. The topological polar surface area (TPSA) is 48.2 Å². The zero-order valence-corrected chi connectivity index (χ0v) is 9.33. The summed E-state index contributed by atoms with van der Waals surface area (Å²) in [6, 6.07) is 0. The van der Waals surface area contributed by atoms with Crippen molar-refractivity contribution >= 4 is 0 Å². The van der Waals surface area contributed by atoms with Crippen molar-refractivity contribution in [3.8, 4) is 5.88 Å². The number of rotatable bonds is 4. The van der Waals surface area contributed by atoms with E-state index in [1.807, 2.05) is 27.7 Å². The number of hydrogen-bond donors (Lipinski definition) is 0. The fourth-order valence-electron chi connectivity index (χ4n) is 0.782. The number of halogens is 2. The Hall–Kier alpha value is -1.20. The standard InChI is InChI=1S/C7H10F2N2O2.C2H6/c1-4(2)6-7(11-13-10-6)12-3-5(8)9;1-2/h4-5H,3H2,1-2H3;1-2H3. The molecule has 0 amide bonds. The molecule has 0 aromatic carbocycles. The van der Waals surface area contributed by atoms with Gasteiger partial charge in [-0.2, -0.15) is 0 Å². The number of aromatic nitrogens is 2. The smallest absolute Gasteiger partial charge is 0.279 e. The van der Waals surface area contributed by atoms with Crippen molar-refractivity contribution in [3.05, 3.63) is 5.69 Å². The van der Waals surface area contributed by atoms with Gasteiger partial charge in [0.15, 0.2) is 12.3 Å². The number of alkyl halides is 2. The molecule has 6 heteroatoms. The maximum Gasteiger partial charge on any atom is 0.279 e. The third kappa shape index (κ3) is 4.71. The summed E-state index contributed by atoms with van der Waals surface area (Å²) in [6.45, 7) is 7.00. The summed E-state index contributed by atoms with van der Waals surface area (Å²) >= 11 is 0. The molecule has 0 spiro atoms. The van der Waals surface area contributed by atoms with Crippen molar-refractivity contribution in [3.63, 3.8) is 0 Å². The molecule has 0 fully saturated rings. The first-order valence-electron chi connectivity index (χ1n) is 4.84. The van der Waals surface area contributed by atoms with Gasteiger partial charge in [-0.1, -0.05) is 32.9 Å². The van der Waals surface area contributed by atoms with E-state index in [1.165, 1.54) is 0 Å². The van der Waals surface area contributed by atoms with E-state index in [9.17, 15) is 8.78 Å². The molecular weight excluding hydrogens is 206 g/mol. The van der Waals surface area contributed by atoms with Gasteiger partial charge in [0.25, 0.3) is 12.3 Å². The van der Waals surface area contributed by atoms with E-state index in [-0.39, 0.29) is 11.8 Å². The van der Waals surface area contributed by atoms with Crippen LogP contribution in [0.25, 0.3) is 0 Å². The van der Waals surface area contributed by atoms with Crippen molar-refractivity contribution in [2.75, 3.05) is 6.61 Å². The molecule has 1 rings (SSSR count). The zero-order valence-electron chi connectivity index (χ0n) is 9.33. The van der Waals surface area contributed by atoms with Crippen molar-refractivity contribution in [1.82, 2.24) is 10.3 Å². The monoisotopic (exact) mass is 222 g/mol. The predicted octanol–water partition coefficient (Wildman–Crippen LogP) is 2.86. The normalized spacial score (nSPS) is 10.1. The molecule has 0 aliphatic heterocycles. The molecule has 0 N–H and O–H groups in total. The van der Waals surface area contributed by atoms with Gasteiger partial charge in [-0.3, -0.25) is 0 Å². The Kier molecular flexibility index (Phi) is 6.57. The van der Waals surface area contributed by atoms with E-state index < -0.39 is 13.0 Å². The second-order valence-electron chi connectivity index (χ2n) is 2.81. The van der Waals surface area contributed by atoms with Crippen LogP contribution in [0.2, 0.25) is 0 Å². The van der Waals surface area contributed by atoms with E-state index >= 15 is 0 Å². The van der Waals surface area contributed by atoms with Crippen LogP contribution >= 0.6 is 0 Å². The first-order valence-corrected chi connectivity index (χ1v) is 4.84. The summed E-state index contributed by atoms with van der Waals surface area (Å²) in [4.78, 5) is 0. The van der Waals surface area contributed by atoms with Gasteiger partial charge < -0.3 is 4.74 Å². The van der Waals surface area contributed by atoms with Gasteiger partial charge in [0.05, 0.1) is 0 Å². The minimum atomic E-state index is -2.52. The molecular formula is C9H16F2N2O2. The number of nitrogens with zero attached hydrogens (tertiary/aromatic N) is 2. The van der Waals surface area contributed by atoms with Crippen LogP contribution in [0.1, 0.15) is 39.3 Å². The van der Waals surface area contributed by atoms with Gasteiger partial charge in [-0.25, -0.2) is 13.4 Å². The highest BCUT2D eigenvalue weighted by Gasteiger charge is 2.16. The third-order valence-corrected chi connectivity index (χ3v) is 1.37. The second kappa shape index (κ2) is 7.14. The van der Waals surface area contributed by atoms with Gasteiger partial charge in [0, 0.05) is 5.92 Å². The lowest BCUT2D eigenvalue weighted by Gasteiger charge is -2.03. The van der Waals surface area contributed by atoms with E-state index in [2.05, 4.69) is 19.7 Å². The Morgan fingerprint density at radius 1 is 1.27 bits per heavy atom. The van der Waals surface area contributed by atoms with Gasteiger partial charge in [-0.05, 0) is 5.16 Å². The highest BCUT2D eigenvalue weighted by molar-refractivity contribution is 5.17. The van der Waals surface area contributed by atoms with Crippen molar-refractivity contribution in [1.29, 1.82) is 0 Å². The largest absolute Gasteiger partial charge is 0.468 e. The van der Waals surface area contributed by atoms with E-state index in [4.69, 9.17) is 0 Å². The molecule has 0 saturated heterocycles. The molecule has 0 saturated carbocycles. The van der Waals surface area contributed by atoms with Crippen LogP contribution in [0.5, 0.6) is 5.88 Å². The molecule has 0 radical (unpaired) electrons. The van der Waals surface area contributed by atoms with Gasteiger partial charge in [-0.15, -0.1) is 0 Å². The van der Waals surface area contributed by atoms with E-state index in [1.54, 1.807) is 0 Å². The van der Waals surface area contributed by atoms with Crippen LogP contribution in [0, 0.1) is 0 Å². The Labute approximate surface area is 87.6 Å². The molecule has 0 bridgehead atoms. The van der Waals surface area contributed by atoms with Crippen LogP contribution in [0.3, 0.4) is 0 Å². The molecule has 0 aliphatic carbocycles. The molecule has 0 atom stereocenters. The van der Waals surface area contributed by atoms with Crippen LogP contribution in [0.15, 0.2) is 4.63 Å². The van der Waals surface area contributed by atoms with E-state index in [0.29, 0.717) is 5.69 Å². The Morgan fingerprint density at radius 2 is 1.87 bits per heavy atom. The molecule has 88 valence electrons. The van der Waals surface area contributed by atoms with Gasteiger partial charge >= 0.3 is 0 Å². The van der Waals surface area contributed by atoms with Gasteiger partial charge in [0.1, 0.15) is 0 Å². The second-order valence-corrected chi connectivity index (χ2v) is 2.81. The first kappa shape index (κ1) is 13.8. The van der Waals surface area contributed by atoms with E-state index in [0.717, 1.165) is 0 Å². The van der Waals surface area contributed by atoms with Crippen LogP contribution in [-0.2, 0) is 0 Å². The molecule has 1 heterocycles. The van der Waals surface area contributed by atoms with Crippen molar-refractivity contribution in [2.24, 2.45) is 0 Å². The molecule has 4 nitrogen and oxygen atoms in total. The fraction of sp³-hybridized carbons (Fsp3) is 0.778. The minimum Gasteiger partial charge on any atom is -0.468 e. The van der Waals surface area contributed by atoms with Crippen LogP contribution < -0.4 is 4.74 Å². The first-order chi connectivity index (χ1) is 7.11. The lowest BCUT2D eigenvalue weighted by molar-refractivity contribution is 0.0769. The van der Waals surface area contributed by atoms with Gasteiger partial charge in [0.2, 0.25) is 0 Å². The maximum absolute atomic E-state index is 11.8. The summed E-state index contributed by atoms with van der Waals surface area (Å²) in [6.07, 6.45) is -2.52. The number of hydrogen-bond acceptors (Lipinski definition) is 4. The SMILES string of the molecule is CC.CC(C)c1nonc1OCC(F)F. The molecule has 15 heavy (non-hydrogen) atoms. The average molecular weight is 222 g/mol. The summed E-state index contributed by atoms with van der Waals surface area (Å²) in [7, 11) is 0. The Morgan fingerprint density at radius 3 is 2.33 bits per heavy atom. The van der Waals surface area contributed by atoms with Crippen molar-refractivity contribution in [2.45, 2.75) is 40.0 Å². The minimum absolute atomic E-state index is 0.0407. The zero-order chi connectivity index (χ0) is 11.8. The Bertz CT molecular complexity index is 264. The maximum atomic E-state index is 11.8. The molecule has 0 unspecified atom stereocenters. The highest BCUT2D eigenvalue weighted by atomic mass is 19.3. The highest BCUT2D eigenvalue weighted by Crippen LogP contribution is 2.21. The molecule has 1 aromatic heterocycles. The van der Waals surface area contributed by atoms with Crippen LogP contribution in [-0.4, -0.2) is 23.3 Å². The quantitative estimate of drug-likeness (QED) is 0.785. The summed E-state index contributed by atoms with van der Waals surface area (Å²) in [5.41, 5.74) is 0.459. The van der Waals surface area contributed by atoms with Crippen molar-refractivity contribution < 1.29 is 18.1 Å². The molecule has 1 aromatic rings. The number of ether oxygens (including phenoxy) is 1. The Balaban J connectivity index is 0.000000921. The molecule has 0 aliphatic rings. The summed E-state index contributed by atoms with van der Waals surface area (Å²) < 4.78 is 32.6. The third-order valence-electron chi connectivity index (χ3n) is 1.37. The fourth-order valence-corrected chi connectivity index (χ4v) is 0.782. The predicted molar refractivity (Wildman–Crippen MR) is 51.2 cm³/mol. The summed E-state index contributed by atoms with van der Waals surface area (Å²) in [5.74, 6) is 0.0919. The van der Waals surface area contributed by atoms with Crippen LogP contribution in [0.4, 0.5) is 8.78 Å².